The van der Waals surface area contributed by atoms with Crippen LogP contribution in [0.15, 0.2) is 17.6 Å². The number of aliphatic hydroxyl groups excluding tert-OH is 1. The highest BCUT2D eigenvalue weighted by molar-refractivity contribution is 7.16. The van der Waals surface area contributed by atoms with Crippen LogP contribution in [0.25, 0.3) is 10.2 Å². The average molecular weight is 295 g/mol. The van der Waals surface area contributed by atoms with Gasteiger partial charge in [0.15, 0.2) is 5.52 Å². The Bertz CT molecular complexity index is 585. The molecule has 2 rings (SSSR count). The molecule has 0 aliphatic carbocycles. The lowest BCUT2D eigenvalue weighted by atomic mass is 10.2. The van der Waals surface area contributed by atoms with Crippen molar-refractivity contribution in [2.24, 2.45) is 0 Å². The highest BCUT2D eigenvalue weighted by Gasteiger charge is 2.20. The quantitative estimate of drug-likeness (QED) is 0.443. The van der Waals surface area contributed by atoms with Gasteiger partial charge in [-0.2, -0.15) is 0 Å². The number of hydrogen-bond donors (Lipinski definition) is 2. The first-order valence-corrected chi connectivity index (χ1v) is 7.47. The number of thiazole rings is 1. The van der Waals surface area contributed by atoms with Crippen molar-refractivity contribution in [2.75, 3.05) is 18.5 Å². The monoisotopic (exact) mass is 295 g/mol. The van der Waals surface area contributed by atoms with Gasteiger partial charge in [-0.3, -0.25) is 10.1 Å². The van der Waals surface area contributed by atoms with Crippen LogP contribution < -0.4 is 5.32 Å². The number of benzene rings is 1. The Morgan fingerprint density at radius 3 is 2.85 bits per heavy atom. The Morgan fingerprint density at radius 2 is 2.10 bits per heavy atom. The van der Waals surface area contributed by atoms with Crippen molar-refractivity contribution in [3.63, 3.8) is 0 Å². The molecule has 0 unspecified atom stereocenters. The van der Waals surface area contributed by atoms with Gasteiger partial charge in [0, 0.05) is 13.2 Å². The Morgan fingerprint density at radius 1 is 1.30 bits per heavy atom. The molecule has 0 fully saturated rings. The van der Waals surface area contributed by atoms with Crippen molar-refractivity contribution in [1.29, 1.82) is 0 Å². The van der Waals surface area contributed by atoms with Crippen molar-refractivity contribution in [1.82, 2.24) is 4.98 Å². The number of aliphatic hydroxyl groups is 1. The molecular formula is C13H17N3O3S. The fraction of sp³-hybridized carbons (Fsp3) is 0.462. The normalized spacial score (nSPS) is 10.8. The topological polar surface area (TPSA) is 88.3 Å². The summed E-state index contributed by atoms with van der Waals surface area (Å²) in [7, 11) is 0. The summed E-state index contributed by atoms with van der Waals surface area (Å²) in [6, 6.07) is 3.60. The van der Waals surface area contributed by atoms with Crippen LogP contribution in [0.5, 0.6) is 0 Å². The second-order valence-electron chi connectivity index (χ2n) is 4.48. The standard InChI is InChI=1S/C13H17N3O3S/c17-8-4-2-1-3-7-14-10-5-6-11-12(15-9-20-11)13(10)16(18)19/h5-6,9,14,17H,1-4,7-8H2. The molecule has 0 saturated heterocycles. The first-order chi connectivity index (χ1) is 9.74. The molecule has 2 N–H and O–H groups in total. The molecule has 0 atom stereocenters. The maximum Gasteiger partial charge on any atom is 0.319 e. The molecule has 2 aromatic rings. The van der Waals surface area contributed by atoms with Crippen molar-refractivity contribution in [3.05, 3.63) is 27.8 Å². The molecule has 0 aliphatic heterocycles. The number of rotatable bonds is 8. The van der Waals surface area contributed by atoms with Crippen LogP contribution in [0.4, 0.5) is 11.4 Å². The molecule has 108 valence electrons. The van der Waals surface area contributed by atoms with E-state index in [1.165, 1.54) is 11.3 Å². The van der Waals surface area contributed by atoms with Crippen molar-refractivity contribution in [2.45, 2.75) is 25.7 Å². The number of hydrogen-bond acceptors (Lipinski definition) is 6. The summed E-state index contributed by atoms with van der Waals surface area (Å²) in [5.41, 5.74) is 2.65. The zero-order chi connectivity index (χ0) is 14.4. The molecule has 6 nitrogen and oxygen atoms in total. The van der Waals surface area contributed by atoms with Gasteiger partial charge in [0.1, 0.15) is 5.69 Å². The molecule has 1 aromatic carbocycles. The third-order valence-corrected chi connectivity index (χ3v) is 3.85. The van der Waals surface area contributed by atoms with E-state index in [-0.39, 0.29) is 17.2 Å². The van der Waals surface area contributed by atoms with Gasteiger partial charge in [-0.05, 0) is 25.0 Å². The minimum atomic E-state index is -0.379. The zero-order valence-corrected chi connectivity index (χ0v) is 11.9. The Kier molecular flexibility index (Phi) is 5.25. The minimum Gasteiger partial charge on any atom is -0.396 e. The molecule has 1 heterocycles. The second-order valence-corrected chi connectivity index (χ2v) is 5.37. The SMILES string of the molecule is O=[N+]([O-])c1c(NCCCCCCO)ccc2scnc12. The third-order valence-electron chi connectivity index (χ3n) is 3.06. The van der Waals surface area contributed by atoms with Gasteiger partial charge in [0.25, 0.3) is 0 Å². The summed E-state index contributed by atoms with van der Waals surface area (Å²) in [6.45, 7) is 0.904. The molecule has 20 heavy (non-hydrogen) atoms. The number of aromatic nitrogens is 1. The molecule has 0 aliphatic rings. The number of unbranched alkanes of at least 4 members (excludes halogenated alkanes) is 3. The summed E-state index contributed by atoms with van der Waals surface area (Å²) in [4.78, 5) is 14.9. The third kappa shape index (κ3) is 3.43. The highest BCUT2D eigenvalue weighted by atomic mass is 32.1. The van der Waals surface area contributed by atoms with E-state index in [1.54, 1.807) is 11.6 Å². The largest absolute Gasteiger partial charge is 0.396 e. The van der Waals surface area contributed by atoms with E-state index in [0.717, 1.165) is 30.4 Å². The average Bonchev–Trinajstić information content (AvgIpc) is 2.90. The number of anilines is 1. The number of nitrogens with one attached hydrogen (secondary N) is 1. The van der Waals surface area contributed by atoms with E-state index >= 15 is 0 Å². The number of nitro groups is 1. The summed E-state index contributed by atoms with van der Waals surface area (Å²) in [5, 5.41) is 23.0. The lowest BCUT2D eigenvalue weighted by molar-refractivity contribution is -0.382. The number of nitro benzene ring substituents is 1. The predicted molar refractivity (Wildman–Crippen MR) is 80.3 cm³/mol. The molecular weight excluding hydrogens is 278 g/mol. The smallest absolute Gasteiger partial charge is 0.319 e. The molecule has 7 heteroatoms. The summed E-state index contributed by atoms with van der Waals surface area (Å²) in [5.74, 6) is 0. The fourth-order valence-electron chi connectivity index (χ4n) is 2.06. The maximum atomic E-state index is 11.2. The van der Waals surface area contributed by atoms with Crippen LogP contribution in [0.1, 0.15) is 25.7 Å². The second kappa shape index (κ2) is 7.16. The van der Waals surface area contributed by atoms with Crippen molar-refractivity contribution < 1.29 is 10.0 Å². The van der Waals surface area contributed by atoms with E-state index in [9.17, 15) is 10.1 Å². The van der Waals surface area contributed by atoms with Crippen LogP contribution in [-0.4, -0.2) is 28.2 Å². The maximum absolute atomic E-state index is 11.2. The van der Waals surface area contributed by atoms with E-state index < -0.39 is 0 Å². The predicted octanol–water partition coefficient (Wildman–Crippen LogP) is 3.17. The fourth-order valence-corrected chi connectivity index (χ4v) is 2.74. The Labute approximate surface area is 120 Å². The first-order valence-electron chi connectivity index (χ1n) is 6.59. The molecule has 0 spiro atoms. The Hall–Kier alpha value is -1.73. The zero-order valence-electron chi connectivity index (χ0n) is 11.0. The van der Waals surface area contributed by atoms with E-state index in [1.807, 2.05) is 6.07 Å². The van der Waals surface area contributed by atoms with Crippen molar-refractivity contribution >= 4 is 32.9 Å². The van der Waals surface area contributed by atoms with E-state index in [2.05, 4.69) is 10.3 Å². The van der Waals surface area contributed by atoms with Crippen molar-refractivity contribution in [3.8, 4) is 0 Å². The number of nitrogens with zero attached hydrogens (tertiary/aromatic N) is 2. The van der Waals surface area contributed by atoms with Crippen LogP contribution in [-0.2, 0) is 0 Å². The van der Waals surface area contributed by atoms with Crippen LogP contribution in [0, 0.1) is 10.1 Å². The molecule has 0 amide bonds. The van der Waals surface area contributed by atoms with Gasteiger partial charge in [-0.15, -0.1) is 11.3 Å². The lowest BCUT2D eigenvalue weighted by Crippen LogP contribution is -2.04. The lowest BCUT2D eigenvalue weighted by Gasteiger charge is -2.07. The first kappa shape index (κ1) is 14.7. The minimum absolute atomic E-state index is 0.0547. The molecule has 0 bridgehead atoms. The molecule has 0 radical (unpaired) electrons. The summed E-state index contributed by atoms with van der Waals surface area (Å²) < 4.78 is 0.824. The van der Waals surface area contributed by atoms with Gasteiger partial charge >= 0.3 is 5.69 Å². The van der Waals surface area contributed by atoms with Gasteiger partial charge in [-0.25, -0.2) is 4.98 Å². The van der Waals surface area contributed by atoms with Gasteiger partial charge < -0.3 is 10.4 Å². The highest BCUT2D eigenvalue weighted by Crippen LogP contribution is 2.34. The molecule has 1 aromatic heterocycles. The van der Waals surface area contributed by atoms with Crippen LogP contribution in [0.3, 0.4) is 0 Å². The van der Waals surface area contributed by atoms with Gasteiger partial charge in [0.05, 0.1) is 15.1 Å². The van der Waals surface area contributed by atoms with Gasteiger partial charge in [-0.1, -0.05) is 12.8 Å². The van der Waals surface area contributed by atoms with Crippen LogP contribution >= 0.6 is 11.3 Å². The summed E-state index contributed by atoms with van der Waals surface area (Å²) >= 11 is 1.40. The van der Waals surface area contributed by atoms with E-state index in [4.69, 9.17) is 5.11 Å². The van der Waals surface area contributed by atoms with Gasteiger partial charge in [0.2, 0.25) is 0 Å². The van der Waals surface area contributed by atoms with E-state index in [0.29, 0.717) is 17.7 Å². The summed E-state index contributed by atoms with van der Waals surface area (Å²) in [6.07, 6.45) is 3.71. The molecule has 0 saturated carbocycles. The number of fused-ring (bicyclic) bond motifs is 1. The van der Waals surface area contributed by atoms with Crippen LogP contribution in [0.2, 0.25) is 0 Å². The Balaban J connectivity index is 2.02.